The zero-order valence-electron chi connectivity index (χ0n) is 13.7. The number of carboxylic acid groups (broad SMARTS) is 1. The van der Waals surface area contributed by atoms with Crippen LogP contribution in [0.3, 0.4) is 0 Å². The SMILES string of the molecule is O=C(O)C(c1cccc(O)c1)N1CCC(C(=O)N2CCCC2)CC1. The second kappa shape index (κ2) is 7.21. The van der Waals surface area contributed by atoms with E-state index in [1.165, 1.54) is 12.1 Å². The summed E-state index contributed by atoms with van der Waals surface area (Å²) in [7, 11) is 0. The number of phenols is 1. The third-order valence-corrected chi connectivity index (χ3v) is 5.08. The van der Waals surface area contributed by atoms with Gasteiger partial charge in [-0.2, -0.15) is 0 Å². The Balaban J connectivity index is 1.65. The van der Waals surface area contributed by atoms with Crippen molar-refractivity contribution in [1.82, 2.24) is 9.80 Å². The van der Waals surface area contributed by atoms with Gasteiger partial charge < -0.3 is 15.1 Å². The first-order valence-corrected chi connectivity index (χ1v) is 8.61. The summed E-state index contributed by atoms with van der Waals surface area (Å²) in [6.45, 7) is 2.88. The fourth-order valence-corrected chi connectivity index (χ4v) is 3.80. The topological polar surface area (TPSA) is 81.1 Å². The third-order valence-electron chi connectivity index (χ3n) is 5.08. The summed E-state index contributed by atoms with van der Waals surface area (Å²) in [4.78, 5) is 28.1. The molecule has 2 saturated heterocycles. The third kappa shape index (κ3) is 3.53. The first kappa shape index (κ1) is 16.8. The number of carbonyl (C=O) groups excluding carboxylic acids is 1. The number of phenolic OH excluding ortho intramolecular Hbond substituents is 1. The second-order valence-corrected chi connectivity index (χ2v) is 6.68. The van der Waals surface area contributed by atoms with Gasteiger partial charge in [0.25, 0.3) is 0 Å². The zero-order valence-corrected chi connectivity index (χ0v) is 13.7. The Morgan fingerprint density at radius 1 is 1.08 bits per heavy atom. The molecular formula is C18H24N2O4. The molecule has 1 atom stereocenters. The Hall–Kier alpha value is -2.08. The van der Waals surface area contributed by atoms with Gasteiger partial charge in [-0.1, -0.05) is 12.1 Å². The van der Waals surface area contributed by atoms with Gasteiger partial charge in [0.05, 0.1) is 0 Å². The molecule has 1 aromatic carbocycles. The molecule has 1 amide bonds. The van der Waals surface area contributed by atoms with Crippen molar-refractivity contribution >= 4 is 11.9 Å². The molecule has 0 bridgehead atoms. The van der Waals surface area contributed by atoms with E-state index in [-0.39, 0.29) is 17.6 Å². The molecule has 0 aliphatic carbocycles. The Labute approximate surface area is 141 Å². The maximum absolute atomic E-state index is 12.5. The number of hydrogen-bond acceptors (Lipinski definition) is 4. The standard InChI is InChI=1S/C18H24N2O4/c21-15-5-3-4-14(12-15)16(18(23)24)19-10-6-13(7-11-19)17(22)20-8-1-2-9-20/h3-5,12-13,16,21H,1-2,6-11H2,(H,23,24). The number of aliphatic carboxylic acids is 1. The molecule has 6 nitrogen and oxygen atoms in total. The Morgan fingerprint density at radius 2 is 1.75 bits per heavy atom. The molecular weight excluding hydrogens is 308 g/mol. The Kier molecular flexibility index (Phi) is 5.04. The highest BCUT2D eigenvalue weighted by Crippen LogP contribution is 2.30. The molecule has 1 aromatic rings. The maximum Gasteiger partial charge on any atom is 0.325 e. The summed E-state index contributed by atoms with van der Waals surface area (Å²) in [5, 5.41) is 19.2. The lowest BCUT2D eigenvalue weighted by molar-refractivity contribution is -0.144. The van der Waals surface area contributed by atoms with E-state index in [1.54, 1.807) is 12.1 Å². The molecule has 2 fully saturated rings. The van der Waals surface area contributed by atoms with Gasteiger partial charge in [-0.15, -0.1) is 0 Å². The summed E-state index contributed by atoms with van der Waals surface area (Å²) in [5.74, 6) is -0.614. The van der Waals surface area contributed by atoms with Gasteiger partial charge in [-0.05, 0) is 43.4 Å². The minimum absolute atomic E-state index is 0.0120. The first-order chi connectivity index (χ1) is 11.6. The number of carboxylic acids is 1. The minimum atomic E-state index is -0.926. The summed E-state index contributed by atoms with van der Waals surface area (Å²) in [5.41, 5.74) is 0.576. The van der Waals surface area contributed by atoms with Crippen molar-refractivity contribution < 1.29 is 19.8 Å². The molecule has 6 heteroatoms. The maximum atomic E-state index is 12.5. The van der Waals surface area contributed by atoms with Crippen LogP contribution in [0.2, 0.25) is 0 Å². The molecule has 0 radical (unpaired) electrons. The molecule has 0 spiro atoms. The van der Waals surface area contributed by atoms with Crippen LogP contribution in [0.1, 0.15) is 37.3 Å². The number of carbonyl (C=O) groups is 2. The predicted octanol–water partition coefficient (Wildman–Crippen LogP) is 1.85. The van der Waals surface area contributed by atoms with E-state index in [2.05, 4.69) is 0 Å². The quantitative estimate of drug-likeness (QED) is 0.879. The summed E-state index contributed by atoms with van der Waals surface area (Å²) in [6.07, 6.45) is 3.56. The van der Waals surface area contributed by atoms with Crippen molar-refractivity contribution in [3.63, 3.8) is 0 Å². The number of nitrogens with zero attached hydrogens (tertiary/aromatic N) is 2. The second-order valence-electron chi connectivity index (χ2n) is 6.68. The van der Waals surface area contributed by atoms with Crippen molar-refractivity contribution in [3.05, 3.63) is 29.8 Å². The van der Waals surface area contributed by atoms with Crippen molar-refractivity contribution in [1.29, 1.82) is 0 Å². The smallest absolute Gasteiger partial charge is 0.325 e. The van der Waals surface area contributed by atoms with Crippen LogP contribution in [-0.2, 0) is 9.59 Å². The van der Waals surface area contributed by atoms with Crippen molar-refractivity contribution in [2.45, 2.75) is 31.7 Å². The lowest BCUT2D eigenvalue weighted by Gasteiger charge is -2.36. The van der Waals surface area contributed by atoms with Crippen LogP contribution in [0.15, 0.2) is 24.3 Å². The number of rotatable bonds is 4. The molecule has 1 unspecified atom stereocenters. The highest BCUT2D eigenvalue weighted by atomic mass is 16.4. The van der Waals surface area contributed by atoms with Gasteiger partial charge in [0, 0.05) is 32.1 Å². The van der Waals surface area contributed by atoms with E-state index in [1.807, 2.05) is 9.80 Å². The number of hydrogen-bond donors (Lipinski definition) is 2. The number of aromatic hydroxyl groups is 1. The van der Waals surface area contributed by atoms with Gasteiger partial charge in [-0.3, -0.25) is 14.5 Å². The highest BCUT2D eigenvalue weighted by molar-refractivity contribution is 5.79. The molecule has 0 aromatic heterocycles. The highest BCUT2D eigenvalue weighted by Gasteiger charge is 2.35. The van der Waals surface area contributed by atoms with Gasteiger partial charge in [0.2, 0.25) is 5.91 Å². The van der Waals surface area contributed by atoms with Crippen LogP contribution in [-0.4, -0.2) is 58.1 Å². The van der Waals surface area contributed by atoms with Gasteiger partial charge in [0.15, 0.2) is 0 Å². The van der Waals surface area contributed by atoms with Gasteiger partial charge >= 0.3 is 5.97 Å². The van der Waals surface area contributed by atoms with E-state index in [0.29, 0.717) is 31.5 Å². The summed E-state index contributed by atoms with van der Waals surface area (Å²) >= 11 is 0. The van der Waals surface area contributed by atoms with Crippen LogP contribution in [0.25, 0.3) is 0 Å². The van der Waals surface area contributed by atoms with Crippen LogP contribution >= 0.6 is 0 Å². The summed E-state index contributed by atoms with van der Waals surface area (Å²) < 4.78 is 0. The molecule has 2 N–H and O–H groups in total. The fraction of sp³-hybridized carbons (Fsp3) is 0.556. The molecule has 130 valence electrons. The van der Waals surface area contributed by atoms with Gasteiger partial charge in [-0.25, -0.2) is 0 Å². The van der Waals surface area contributed by atoms with Gasteiger partial charge in [0.1, 0.15) is 11.8 Å². The van der Waals surface area contributed by atoms with E-state index < -0.39 is 12.0 Å². The van der Waals surface area contributed by atoms with Crippen molar-refractivity contribution in [3.8, 4) is 5.75 Å². The van der Waals surface area contributed by atoms with Crippen molar-refractivity contribution in [2.24, 2.45) is 5.92 Å². The molecule has 2 aliphatic heterocycles. The largest absolute Gasteiger partial charge is 0.508 e. The summed E-state index contributed by atoms with van der Waals surface area (Å²) in [6, 6.07) is 5.63. The molecule has 0 saturated carbocycles. The van der Waals surface area contributed by atoms with Crippen LogP contribution < -0.4 is 0 Å². The minimum Gasteiger partial charge on any atom is -0.508 e. The average Bonchev–Trinajstić information content (AvgIpc) is 3.09. The van der Waals surface area contributed by atoms with E-state index in [4.69, 9.17) is 0 Å². The van der Waals surface area contributed by atoms with E-state index in [0.717, 1.165) is 25.9 Å². The molecule has 2 heterocycles. The molecule has 2 aliphatic rings. The first-order valence-electron chi connectivity index (χ1n) is 8.61. The molecule has 3 rings (SSSR count). The van der Waals surface area contributed by atoms with Crippen LogP contribution in [0.4, 0.5) is 0 Å². The van der Waals surface area contributed by atoms with E-state index >= 15 is 0 Å². The zero-order chi connectivity index (χ0) is 17.1. The lowest BCUT2D eigenvalue weighted by Crippen LogP contribution is -2.44. The number of likely N-dealkylation sites (tertiary alicyclic amines) is 2. The Morgan fingerprint density at radius 3 is 2.33 bits per heavy atom. The normalized spacial score (nSPS) is 20.9. The average molecular weight is 332 g/mol. The fourth-order valence-electron chi connectivity index (χ4n) is 3.80. The number of piperidine rings is 1. The molecule has 24 heavy (non-hydrogen) atoms. The van der Waals surface area contributed by atoms with Crippen LogP contribution in [0, 0.1) is 5.92 Å². The predicted molar refractivity (Wildman–Crippen MR) is 88.6 cm³/mol. The van der Waals surface area contributed by atoms with Crippen LogP contribution in [0.5, 0.6) is 5.75 Å². The monoisotopic (exact) mass is 332 g/mol. The lowest BCUT2D eigenvalue weighted by atomic mass is 9.93. The van der Waals surface area contributed by atoms with E-state index in [9.17, 15) is 19.8 Å². The van der Waals surface area contributed by atoms with Crippen molar-refractivity contribution in [2.75, 3.05) is 26.2 Å². The Bertz CT molecular complexity index is 605. The number of amides is 1. The number of benzene rings is 1.